The monoisotopic (exact) mass is 230 g/mol. The number of rotatable bonds is 3. The third kappa shape index (κ3) is 2.69. The van der Waals surface area contributed by atoms with E-state index in [0.717, 1.165) is 0 Å². The zero-order valence-corrected chi connectivity index (χ0v) is 9.25. The maximum Gasteiger partial charge on any atom is 0.306 e. The Morgan fingerprint density at radius 1 is 1.47 bits per heavy atom. The normalized spacial score (nSPS) is 14.7. The van der Waals surface area contributed by atoms with Gasteiger partial charge in [0.2, 0.25) is 0 Å². The van der Waals surface area contributed by atoms with Crippen molar-refractivity contribution < 1.29 is 14.3 Å². The quantitative estimate of drug-likeness (QED) is 0.865. The van der Waals surface area contributed by atoms with E-state index >= 15 is 0 Å². The molecule has 0 spiro atoms. The van der Waals surface area contributed by atoms with E-state index in [2.05, 4.69) is 0 Å². The summed E-state index contributed by atoms with van der Waals surface area (Å²) in [6, 6.07) is 4.29. The van der Waals surface area contributed by atoms with Crippen molar-refractivity contribution in [3.05, 3.63) is 34.6 Å². The van der Waals surface area contributed by atoms with E-state index in [1.165, 1.54) is 12.1 Å². The van der Waals surface area contributed by atoms with Crippen LogP contribution in [0.15, 0.2) is 18.2 Å². The molecule has 2 atom stereocenters. The molecule has 0 aliphatic carbocycles. The van der Waals surface area contributed by atoms with E-state index in [1.54, 1.807) is 19.9 Å². The van der Waals surface area contributed by atoms with Crippen LogP contribution < -0.4 is 0 Å². The van der Waals surface area contributed by atoms with Crippen LogP contribution in [-0.4, -0.2) is 11.1 Å². The smallest absolute Gasteiger partial charge is 0.306 e. The van der Waals surface area contributed by atoms with Gasteiger partial charge in [-0.15, -0.1) is 0 Å². The van der Waals surface area contributed by atoms with Crippen molar-refractivity contribution in [1.82, 2.24) is 0 Å². The van der Waals surface area contributed by atoms with Gasteiger partial charge in [-0.1, -0.05) is 31.5 Å². The minimum atomic E-state index is -0.933. The Labute approximate surface area is 92.7 Å². The highest BCUT2D eigenvalue weighted by Crippen LogP contribution is 2.28. The average Bonchev–Trinajstić information content (AvgIpc) is 2.15. The van der Waals surface area contributed by atoms with Crippen molar-refractivity contribution in [3.63, 3.8) is 0 Å². The minimum absolute atomic E-state index is 0.312. The van der Waals surface area contributed by atoms with Gasteiger partial charge in [-0.25, -0.2) is 4.39 Å². The van der Waals surface area contributed by atoms with Gasteiger partial charge in [-0.2, -0.15) is 0 Å². The van der Waals surface area contributed by atoms with E-state index in [0.29, 0.717) is 10.6 Å². The summed E-state index contributed by atoms with van der Waals surface area (Å²) < 4.78 is 13.4. The number of halogens is 2. The number of hydrogen-bond acceptors (Lipinski definition) is 1. The summed E-state index contributed by atoms with van der Waals surface area (Å²) in [5, 5.41) is 9.12. The highest BCUT2D eigenvalue weighted by molar-refractivity contribution is 6.30. The Balaban J connectivity index is 3.01. The molecule has 0 fully saturated rings. The molecule has 1 N–H and O–H groups in total. The van der Waals surface area contributed by atoms with Crippen molar-refractivity contribution in [2.24, 2.45) is 5.92 Å². The van der Waals surface area contributed by atoms with E-state index in [1.807, 2.05) is 0 Å². The molecule has 2 unspecified atom stereocenters. The summed E-state index contributed by atoms with van der Waals surface area (Å²) in [5.41, 5.74) is 0.384. The first kappa shape index (κ1) is 12.0. The standard InChI is InChI=1S/C11H12ClFO2/c1-6(7(2)11(14)15)9-4-3-8(12)5-10(9)13/h3-7H,1-2H3,(H,14,15). The first-order valence-corrected chi connectivity index (χ1v) is 4.99. The second-order valence-corrected chi connectivity index (χ2v) is 4.02. The Hall–Kier alpha value is -1.09. The van der Waals surface area contributed by atoms with Crippen LogP contribution in [-0.2, 0) is 4.79 Å². The number of benzene rings is 1. The van der Waals surface area contributed by atoms with Gasteiger partial charge in [0.25, 0.3) is 0 Å². The number of carbonyl (C=O) groups is 1. The molecule has 4 heteroatoms. The summed E-state index contributed by atoms with van der Waals surface area (Å²) in [7, 11) is 0. The maximum absolute atomic E-state index is 13.4. The summed E-state index contributed by atoms with van der Waals surface area (Å²) >= 11 is 5.61. The van der Waals surface area contributed by atoms with Gasteiger partial charge in [0.1, 0.15) is 5.82 Å². The lowest BCUT2D eigenvalue weighted by Gasteiger charge is -2.17. The summed E-state index contributed by atoms with van der Waals surface area (Å²) in [6.45, 7) is 3.24. The molecule has 1 rings (SSSR count). The zero-order chi connectivity index (χ0) is 11.6. The molecule has 0 radical (unpaired) electrons. The summed E-state index contributed by atoms with van der Waals surface area (Å²) in [6.07, 6.45) is 0. The molecule has 0 saturated heterocycles. The fourth-order valence-corrected chi connectivity index (χ4v) is 1.51. The molecule has 0 heterocycles. The Kier molecular flexibility index (Phi) is 3.69. The van der Waals surface area contributed by atoms with Gasteiger partial charge in [0.15, 0.2) is 0 Å². The third-order valence-corrected chi connectivity index (χ3v) is 2.83. The van der Waals surface area contributed by atoms with Gasteiger partial charge in [-0.3, -0.25) is 4.79 Å². The topological polar surface area (TPSA) is 37.3 Å². The van der Waals surface area contributed by atoms with Crippen molar-refractivity contribution in [2.75, 3.05) is 0 Å². The van der Waals surface area contributed by atoms with Crippen LogP contribution in [0.2, 0.25) is 5.02 Å². The minimum Gasteiger partial charge on any atom is -0.481 e. The molecule has 0 bridgehead atoms. The van der Waals surface area contributed by atoms with Crippen LogP contribution in [0.3, 0.4) is 0 Å². The Morgan fingerprint density at radius 3 is 2.53 bits per heavy atom. The number of hydrogen-bond donors (Lipinski definition) is 1. The molecule has 1 aromatic rings. The van der Waals surface area contributed by atoms with Crippen LogP contribution in [0, 0.1) is 11.7 Å². The maximum atomic E-state index is 13.4. The van der Waals surface area contributed by atoms with Crippen molar-refractivity contribution >= 4 is 17.6 Å². The molecular weight excluding hydrogens is 219 g/mol. The summed E-state index contributed by atoms with van der Waals surface area (Å²) in [4.78, 5) is 10.7. The second kappa shape index (κ2) is 4.62. The van der Waals surface area contributed by atoms with Gasteiger partial charge < -0.3 is 5.11 Å². The molecule has 0 aliphatic rings. The molecule has 82 valence electrons. The first-order valence-electron chi connectivity index (χ1n) is 4.61. The number of carboxylic acid groups (broad SMARTS) is 1. The molecular formula is C11H12ClFO2. The van der Waals surface area contributed by atoms with Gasteiger partial charge in [0, 0.05) is 5.02 Å². The Morgan fingerprint density at radius 2 is 2.07 bits per heavy atom. The molecule has 1 aromatic carbocycles. The second-order valence-electron chi connectivity index (χ2n) is 3.58. The molecule has 0 aromatic heterocycles. The molecule has 15 heavy (non-hydrogen) atoms. The van der Waals surface area contributed by atoms with Crippen LogP contribution in [0.4, 0.5) is 4.39 Å². The number of aliphatic carboxylic acids is 1. The van der Waals surface area contributed by atoms with Crippen LogP contribution in [0.25, 0.3) is 0 Å². The molecule has 0 aliphatic heterocycles. The average molecular weight is 231 g/mol. The molecule has 0 amide bonds. The zero-order valence-electron chi connectivity index (χ0n) is 8.50. The van der Waals surface area contributed by atoms with Crippen molar-refractivity contribution in [2.45, 2.75) is 19.8 Å². The van der Waals surface area contributed by atoms with Crippen LogP contribution in [0.1, 0.15) is 25.3 Å². The van der Waals surface area contributed by atoms with Crippen LogP contribution in [0.5, 0.6) is 0 Å². The first-order chi connectivity index (χ1) is 6.93. The van der Waals surface area contributed by atoms with E-state index in [-0.39, 0.29) is 5.92 Å². The largest absolute Gasteiger partial charge is 0.481 e. The fourth-order valence-electron chi connectivity index (χ4n) is 1.35. The highest BCUT2D eigenvalue weighted by Gasteiger charge is 2.23. The third-order valence-electron chi connectivity index (χ3n) is 2.59. The summed E-state index contributed by atoms with van der Waals surface area (Å²) in [5.74, 6) is -2.39. The predicted octanol–water partition coefficient (Wildman–Crippen LogP) is 3.30. The van der Waals surface area contributed by atoms with Crippen molar-refractivity contribution in [3.8, 4) is 0 Å². The lowest BCUT2D eigenvalue weighted by molar-refractivity contribution is -0.141. The van der Waals surface area contributed by atoms with E-state index in [9.17, 15) is 9.18 Å². The highest BCUT2D eigenvalue weighted by atomic mass is 35.5. The lowest BCUT2D eigenvalue weighted by atomic mass is 9.89. The van der Waals surface area contributed by atoms with Crippen molar-refractivity contribution in [1.29, 1.82) is 0 Å². The molecule has 0 saturated carbocycles. The Bertz CT molecular complexity index is 379. The SMILES string of the molecule is CC(C(=O)O)C(C)c1ccc(Cl)cc1F. The fraction of sp³-hybridized carbons (Fsp3) is 0.364. The number of carboxylic acids is 1. The van der Waals surface area contributed by atoms with Crippen LogP contribution >= 0.6 is 11.6 Å². The van der Waals surface area contributed by atoms with Gasteiger partial charge in [-0.05, 0) is 23.6 Å². The predicted molar refractivity (Wildman–Crippen MR) is 56.6 cm³/mol. The van der Waals surface area contributed by atoms with Gasteiger partial charge in [0.05, 0.1) is 5.92 Å². The van der Waals surface area contributed by atoms with Gasteiger partial charge >= 0.3 is 5.97 Å². The lowest BCUT2D eigenvalue weighted by Crippen LogP contribution is -2.17. The van der Waals surface area contributed by atoms with E-state index in [4.69, 9.17) is 16.7 Å². The molecule has 2 nitrogen and oxygen atoms in total. The van der Waals surface area contributed by atoms with E-state index < -0.39 is 17.7 Å².